The number of likely N-dealkylation sites (N-methyl/N-ethyl adjacent to an activating group) is 1. The van der Waals surface area contributed by atoms with Crippen molar-refractivity contribution < 1.29 is 4.92 Å². The van der Waals surface area contributed by atoms with Crippen LogP contribution in [0.4, 0.5) is 17.1 Å². The number of nitro groups is 1. The molecule has 19 heavy (non-hydrogen) atoms. The zero-order valence-electron chi connectivity index (χ0n) is 11.8. The lowest BCUT2D eigenvalue weighted by atomic mass is 10.2. The molecule has 0 aliphatic carbocycles. The third-order valence-electron chi connectivity index (χ3n) is 2.87. The SMILES string of the molecule is CCCN(CCN(C)C)c1ccc([N+](=O)[O-])cc1N. The summed E-state index contributed by atoms with van der Waals surface area (Å²) in [5.74, 6) is 0. The van der Waals surface area contributed by atoms with Crippen molar-refractivity contribution in [3.63, 3.8) is 0 Å². The summed E-state index contributed by atoms with van der Waals surface area (Å²) in [6.07, 6.45) is 1.00. The summed E-state index contributed by atoms with van der Waals surface area (Å²) < 4.78 is 0. The summed E-state index contributed by atoms with van der Waals surface area (Å²) in [5, 5.41) is 10.7. The highest BCUT2D eigenvalue weighted by atomic mass is 16.6. The number of nitrogen functional groups attached to an aromatic ring is 1. The molecule has 0 unspecified atom stereocenters. The predicted octanol–water partition coefficient (Wildman–Crippen LogP) is 1.95. The minimum atomic E-state index is -0.426. The molecule has 0 aliphatic rings. The largest absolute Gasteiger partial charge is 0.397 e. The van der Waals surface area contributed by atoms with Gasteiger partial charge in [-0.05, 0) is 26.6 Å². The average Bonchev–Trinajstić information content (AvgIpc) is 2.34. The Morgan fingerprint density at radius 3 is 2.42 bits per heavy atom. The molecule has 0 bridgehead atoms. The van der Waals surface area contributed by atoms with Crippen LogP contribution in [0.25, 0.3) is 0 Å². The highest BCUT2D eigenvalue weighted by molar-refractivity contribution is 5.70. The van der Waals surface area contributed by atoms with Crippen LogP contribution in [0, 0.1) is 10.1 Å². The van der Waals surface area contributed by atoms with Gasteiger partial charge in [-0.1, -0.05) is 6.92 Å². The van der Waals surface area contributed by atoms with Crippen LogP contribution >= 0.6 is 0 Å². The third-order valence-corrected chi connectivity index (χ3v) is 2.87. The molecule has 0 aliphatic heterocycles. The van der Waals surface area contributed by atoms with Crippen molar-refractivity contribution >= 4 is 17.1 Å². The lowest BCUT2D eigenvalue weighted by Gasteiger charge is -2.27. The van der Waals surface area contributed by atoms with E-state index in [-0.39, 0.29) is 5.69 Å². The number of nitro benzene ring substituents is 1. The van der Waals surface area contributed by atoms with Crippen molar-refractivity contribution in [2.45, 2.75) is 13.3 Å². The normalized spacial score (nSPS) is 10.7. The highest BCUT2D eigenvalue weighted by Crippen LogP contribution is 2.27. The topological polar surface area (TPSA) is 75.6 Å². The maximum absolute atomic E-state index is 10.7. The van der Waals surface area contributed by atoms with Crippen LogP contribution in [0.1, 0.15) is 13.3 Å². The Morgan fingerprint density at radius 1 is 1.26 bits per heavy atom. The summed E-state index contributed by atoms with van der Waals surface area (Å²) in [6.45, 7) is 4.75. The van der Waals surface area contributed by atoms with Crippen LogP contribution in [-0.2, 0) is 0 Å². The zero-order valence-corrected chi connectivity index (χ0v) is 11.8. The Kier molecular flexibility index (Phi) is 5.57. The van der Waals surface area contributed by atoms with Gasteiger partial charge in [0.15, 0.2) is 0 Å². The summed E-state index contributed by atoms with van der Waals surface area (Å²) in [6, 6.07) is 4.66. The van der Waals surface area contributed by atoms with E-state index in [2.05, 4.69) is 16.7 Å². The Labute approximate surface area is 113 Å². The van der Waals surface area contributed by atoms with Gasteiger partial charge in [-0.25, -0.2) is 0 Å². The number of nitrogens with zero attached hydrogens (tertiary/aromatic N) is 3. The number of non-ortho nitro benzene ring substituents is 1. The number of rotatable bonds is 7. The molecule has 0 radical (unpaired) electrons. The minimum absolute atomic E-state index is 0.0327. The second kappa shape index (κ2) is 6.94. The van der Waals surface area contributed by atoms with E-state index in [0.29, 0.717) is 5.69 Å². The number of nitrogens with two attached hydrogens (primary N) is 1. The molecule has 0 atom stereocenters. The van der Waals surface area contributed by atoms with Crippen molar-refractivity contribution in [1.82, 2.24) is 4.90 Å². The molecule has 1 aromatic rings. The summed E-state index contributed by atoms with van der Waals surface area (Å²) in [7, 11) is 4.03. The quantitative estimate of drug-likeness (QED) is 0.464. The number of benzene rings is 1. The molecule has 6 heteroatoms. The standard InChI is InChI=1S/C13H22N4O2/c1-4-7-16(9-8-15(2)3)13-6-5-11(17(18)19)10-12(13)14/h5-6,10H,4,7-9,14H2,1-3H3. The molecule has 0 fully saturated rings. The molecular weight excluding hydrogens is 244 g/mol. The number of hydrogen-bond acceptors (Lipinski definition) is 5. The monoisotopic (exact) mass is 266 g/mol. The highest BCUT2D eigenvalue weighted by Gasteiger charge is 2.13. The fourth-order valence-corrected chi connectivity index (χ4v) is 1.89. The lowest BCUT2D eigenvalue weighted by Crippen LogP contribution is -2.32. The van der Waals surface area contributed by atoms with E-state index in [4.69, 9.17) is 5.73 Å². The van der Waals surface area contributed by atoms with E-state index in [1.807, 2.05) is 14.1 Å². The van der Waals surface area contributed by atoms with Crippen molar-refractivity contribution in [1.29, 1.82) is 0 Å². The molecule has 0 heterocycles. The summed E-state index contributed by atoms with van der Waals surface area (Å²) in [5.41, 5.74) is 7.30. The van der Waals surface area contributed by atoms with Gasteiger partial charge in [0, 0.05) is 31.8 Å². The molecule has 0 saturated carbocycles. The first-order chi connectivity index (χ1) is 8.95. The van der Waals surface area contributed by atoms with Gasteiger partial charge in [-0.3, -0.25) is 10.1 Å². The second-order valence-corrected chi connectivity index (χ2v) is 4.79. The van der Waals surface area contributed by atoms with Gasteiger partial charge < -0.3 is 15.5 Å². The van der Waals surface area contributed by atoms with E-state index in [1.54, 1.807) is 6.07 Å². The smallest absolute Gasteiger partial charge is 0.271 e. The molecule has 106 valence electrons. The van der Waals surface area contributed by atoms with Gasteiger partial charge >= 0.3 is 0 Å². The van der Waals surface area contributed by atoms with Gasteiger partial charge in [0.2, 0.25) is 0 Å². The van der Waals surface area contributed by atoms with Crippen molar-refractivity contribution in [3.8, 4) is 0 Å². The second-order valence-electron chi connectivity index (χ2n) is 4.79. The minimum Gasteiger partial charge on any atom is -0.397 e. The van der Waals surface area contributed by atoms with Gasteiger partial charge in [0.25, 0.3) is 5.69 Å². The first-order valence-electron chi connectivity index (χ1n) is 6.39. The Hall–Kier alpha value is -1.82. The van der Waals surface area contributed by atoms with Crippen LogP contribution < -0.4 is 10.6 Å². The molecule has 2 N–H and O–H groups in total. The molecule has 0 saturated heterocycles. The van der Waals surface area contributed by atoms with E-state index < -0.39 is 4.92 Å². The molecule has 1 aromatic carbocycles. The van der Waals surface area contributed by atoms with Crippen molar-refractivity contribution in [3.05, 3.63) is 28.3 Å². The molecule has 0 aromatic heterocycles. The Morgan fingerprint density at radius 2 is 1.95 bits per heavy atom. The van der Waals surface area contributed by atoms with Gasteiger partial charge in [0.05, 0.1) is 16.3 Å². The van der Waals surface area contributed by atoms with Crippen LogP contribution in [0.5, 0.6) is 0 Å². The fourth-order valence-electron chi connectivity index (χ4n) is 1.89. The van der Waals surface area contributed by atoms with Gasteiger partial charge in [-0.2, -0.15) is 0 Å². The van der Waals surface area contributed by atoms with Gasteiger partial charge in [-0.15, -0.1) is 0 Å². The van der Waals surface area contributed by atoms with Crippen molar-refractivity contribution in [2.75, 3.05) is 44.4 Å². The molecule has 0 spiro atoms. The van der Waals surface area contributed by atoms with Crippen molar-refractivity contribution in [2.24, 2.45) is 0 Å². The lowest BCUT2D eigenvalue weighted by molar-refractivity contribution is -0.384. The summed E-state index contributed by atoms with van der Waals surface area (Å²) >= 11 is 0. The fraction of sp³-hybridized carbons (Fsp3) is 0.538. The van der Waals surface area contributed by atoms with E-state index in [9.17, 15) is 10.1 Å². The van der Waals surface area contributed by atoms with Crippen LogP contribution in [0.2, 0.25) is 0 Å². The molecule has 1 rings (SSSR count). The van der Waals surface area contributed by atoms with Crippen LogP contribution in [0.15, 0.2) is 18.2 Å². The first kappa shape index (κ1) is 15.2. The van der Waals surface area contributed by atoms with Gasteiger partial charge in [0.1, 0.15) is 0 Å². The maximum atomic E-state index is 10.7. The molecule has 6 nitrogen and oxygen atoms in total. The summed E-state index contributed by atoms with van der Waals surface area (Å²) in [4.78, 5) is 14.5. The Balaban J connectivity index is 2.92. The van der Waals surface area contributed by atoms with E-state index >= 15 is 0 Å². The van der Waals surface area contributed by atoms with Crippen LogP contribution in [0.3, 0.4) is 0 Å². The number of anilines is 2. The first-order valence-corrected chi connectivity index (χ1v) is 6.39. The zero-order chi connectivity index (χ0) is 14.4. The molecule has 0 amide bonds. The Bertz CT molecular complexity index is 435. The third kappa shape index (κ3) is 4.40. The van der Waals surface area contributed by atoms with E-state index in [1.165, 1.54) is 12.1 Å². The molecular formula is C13H22N4O2. The average molecular weight is 266 g/mol. The van der Waals surface area contributed by atoms with E-state index in [0.717, 1.165) is 31.7 Å². The number of hydrogen-bond donors (Lipinski definition) is 1. The predicted molar refractivity (Wildman–Crippen MR) is 78.6 cm³/mol. The van der Waals surface area contributed by atoms with Crippen LogP contribution in [-0.4, -0.2) is 43.6 Å². The maximum Gasteiger partial charge on any atom is 0.271 e.